The van der Waals surface area contributed by atoms with Crippen molar-refractivity contribution < 1.29 is 4.39 Å². The first-order chi connectivity index (χ1) is 5.45. The van der Waals surface area contributed by atoms with Gasteiger partial charge in [-0.1, -0.05) is 20.8 Å². The van der Waals surface area contributed by atoms with E-state index in [1.165, 1.54) is 4.68 Å². The molecule has 0 amide bonds. The number of hydrogen-bond acceptors (Lipinski definition) is 2. The molecular formula is C7H11BrFN3. The first-order valence-electron chi connectivity index (χ1n) is 3.62. The summed E-state index contributed by atoms with van der Waals surface area (Å²) in [6, 6.07) is 0. The van der Waals surface area contributed by atoms with E-state index in [1.54, 1.807) is 0 Å². The minimum absolute atomic E-state index is 0.136. The second-order valence-corrected chi connectivity index (χ2v) is 4.28. The molecule has 0 N–H and O–H groups in total. The molecule has 0 aliphatic carbocycles. The predicted molar refractivity (Wildman–Crippen MR) is 47.5 cm³/mol. The topological polar surface area (TPSA) is 30.7 Å². The smallest absolute Gasteiger partial charge is 0.197 e. The fourth-order valence-corrected chi connectivity index (χ4v) is 1.06. The van der Waals surface area contributed by atoms with Crippen LogP contribution in [0.4, 0.5) is 4.39 Å². The highest BCUT2D eigenvalue weighted by atomic mass is 79.9. The monoisotopic (exact) mass is 235 g/mol. The summed E-state index contributed by atoms with van der Waals surface area (Å²) in [5, 5.41) is 3.98. The fraction of sp³-hybridized carbons (Fsp3) is 0.714. The van der Waals surface area contributed by atoms with Crippen molar-refractivity contribution in [3.8, 4) is 0 Å². The summed E-state index contributed by atoms with van der Waals surface area (Å²) < 4.78 is 13.8. The molecule has 1 rings (SSSR count). The van der Waals surface area contributed by atoms with Gasteiger partial charge in [0.1, 0.15) is 0 Å². The van der Waals surface area contributed by atoms with Crippen molar-refractivity contribution in [3.63, 3.8) is 0 Å². The van der Waals surface area contributed by atoms with Gasteiger partial charge in [0.2, 0.25) is 0 Å². The van der Waals surface area contributed by atoms with Gasteiger partial charge in [0.15, 0.2) is 17.4 Å². The maximum Gasteiger partial charge on any atom is 0.197 e. The molecule has 0 radical (unpaired) electrons. The summed E-state index contributed by atoms with van der Waals surface area (Å²) in [5.41, 5.74) is -0.136. The molecule has 0 fully saturated rings. The molecule has 0 aliphatic rings. The van der Waals surface area contributed by atoms with Crippen LogP contribution in [0.1, 0.15) is 26.6 Å². The minimum Gasteiger partial charge on any atom is -0.225 e. The lowest BCUT2D eigenvalue weighted by molar-refractivity contribution is 0.340. The first-order valence-corrected chi connectivity index (χ1v) is 4.41. The lowest BCUT2D eigenvalue weighted by atomic mass is 9.96. The highest BCUT2D eigenvalue weighted by Gasteiger charge is 2.20. The highest BCUT2D eigenvalue weighted by Crippen LogP contribution is 2.20. The van der Waals surface area contributed by atoms with Crippen LogP contribution >= 0.6 is 15.9 Å². The van der Waals surface area contributed by atoms with Crippen molar-refractivity contribution in [2.75, 3.05) is 0 Å². The summed E-state index contributed by atoms with van der Waals surface area (Å²) in [7, 11) is 0. The van der Waals surface area contributed by atoms with Gasteiger partial charge in [-0.25, -0.2) is 14.1 Å². The molecule has 0 saturated carbocycles. The average Bonchev–Trinajstić information content (AvgIpc) is 2.29. The number of nitrogens with zero attached hydrogens (tertiary/aromatic N) is 3. The zero-order valence-corrected chi connectivity index (χ0v) is 8.89. The van der Waals surface area contributed by atoms with Gasteiger partial charge in [0, 0.05) is 5.41 Å². The third kappa shape index (κ3) is 1.83. The standard InChI is InChI=1S/C7H11BrFN3/c1-7(2,3)5-10-6(8)12(4-9)11-5/h4H2,1-3H3. The molecule has 0 aliphatic heterocycles. The molecule has 0 bridgehead atoms. The largest absolute Gasteiger partial charge is 0.225 e. The van der Waals surface area contributed by atoms with E-state index in [9.17, 15) is 4.39 Å². The van der Waals surface area contributed by atoms with Crippen molar-refractivity contribution in [1.29, 1.82) is 0 Å². The Hall–Kier alpha value is -0.450. The van der Waals surface area contributed by atoms with Crippen LogP contribution in [0.15, 0.2) is 4.73 Å². The lowest BCUT2D eigenvalue weighted by Gasteiger charge is -2.11. The highest BCUT2D eigenvalue weighted by molar-refractivity contribution is 9.10. The Morgan fingerprint density at radius 1 is 1.50 bits per heavy atom. The van der Waals surface area contributed by atoms with Gasteiger partial charge in [-0.05, 0) is 15.9 Å². The average molecular weight is 236 g/mol. The Kier molecular flexibility index (Phi) is 2.51. The summed E-state index contributed by atoms with van der Waals surface area (Å²) in [6.45, 7) is 5.30. The third-order valence-corrected chi connectivity index (χ3v) is 2.00. The summed E-state index contributed by atoms with van der Waals surface area (Å²) >= 11 is 3.12. The molecule has 0 aromatic carbocycles. The molecule has 0 atom stereocenters. The van der Waals surface area contributed by atoms with E-state index in [1.807, 2.05) is 20.8 Å². The van der Waals surface area contributed by atoms with Crippen LogP contribution in [0.2, 0.25) is 0 Å². The third-order valence-electron chi connectivity index (χ3n) is 1.41. The van der Waals surface area contributed by atoms with E-state index in [2.05, 4.69) is 26.0 Å². The van der Waals surface area contributed by atoms with Crippen LogP contribution < -0.4 is 0 Å². The molecule has 1 heterocycles. The Morgan fingerprint density at radius 2 is 2.08 bits per heavy atom. The van der Waals surface area contributed by atoms with Crippen molar-refractivity contribution >= 4 is 15.9 Å². The Labute approximate surface area is 79.1 Å². The normalized spacial score (nSPS) is 12.1. The molecule has 5 heteroatoms. The second kappa shape index (κ2) is 3.12. The summed E-state index contributed by atoms with van der Waals surface area (Å²) in [6.07, 6.45) is 0. The maximum absolute atomic E-state index is 12.2. The van der Waals surface area contributed by atoms with Crippen molar-refractivity contribution in [3.05, 3.63) is 10.6 Å². The van der Waals surface area contributed by atoms with Gasteiger partial charge < -0.3 is 0 Å². The number of halogens is 2. The van der Waals surface area contributed by atoms with Crippen molar-refractivity contribution in [2.45, 2.75) is 33.0 Å². The fourth-order valence-electron chi connectivity index (χ4n) is 0.717. The number of alkyl halides is 1. The molecule has 0 spiro atoms. The van der Waals surface area contributed by atoms with Crippen LogP contribution in [0.5, 0.6) is 0 Å². The molecule has 1 aromatic rings. The van der Waals surface area contributed by atoms with Crippen molar-refractivity contribution in [2.24, 2.45) is 0 Å². The van der Waals surface area contributed by atoms with Crippen LogP contribution in [0, 0.1) is 0 Å². The Bertz CT molecular complexity index is 277. The minimum atomic E-state index is -0.649. The molecule has 68 valence electrons. The van der Waals surface area contributed by atoms with Gasteiger partial charge >= 0.3 is 0 Å². The van der Waals surface area contributed by atoms with Gasteiger partial charge in [0.25, 0.3) is 0 Å². The van der Waals surface area contributed by atoms with Crippen LogP contribution in [0.3, 0.4) is 0 Å². The Balaban J connectivity index is 3.05. The second-order valence-electron chi connectivity index (χ2n) is 3.57. The number of aromatic nitrogens is 3. The van der Waals surface area contributed by atoms with E-state index in [4.69, 9.17) is 0 Å². The molecule has 1 aromatic heterocycles. The molecule has 3 nitrogen and oxygen atoms in total. The van der Waals surface area contributed by atoms with E-state index in [0.717, 1.165) is 0 Å². The zero-order chi connectivity index (χ0) is 9.35. The summed E-state index contributed by atoms with van der Waals surface area (Å²) in [4.78, 5) is 4.08. The number of rotatable bonds is 1. The van der Waals surface area contributed by atoms with E-state index in [-0.39, 0.29) is 5.41 Å². The SMILES string of the molecule is CC(C)(C)c1nc(Br)n(CF)n1. The Morgan fingerprint density at radius 3 is 2.33 bits per heavy atom. The van der Waals surface area contributed by atoms with Crippen molar-refractivity contribution in [1.82, 2.24) is 14.8 Å². The molecule has 0 unspecified atom stereocenters. The van der Waals surface area contributed by atoms with E-state index < -0.39 is 6.80 Å². The van der Waals surface area contributed by atoms with Gasteiger partial charge in [-0.2, -0.15) is 5.10 Å². The zero-order valence-electron chi connectivity index (χ0n) is 7.30. The first kappa shape index (κ1) is 9.64. The summed E-state index contributed by atoms with van der Waals surface area (Å²) in [5.74, 6) is 0.645. The molecule has 12 heavy (non-hydrogen) atoms. The van der Waals surface area contributed by atoms with Crippen LogP contribution in [-0.2, 0) is 12.2 Å². The maximum atomic E-state index is 12.2. The van der Waals surface area contributed by atoms with Crippen LogP contribution in [-0.4, -0.2) is 14.8 Å². The van der Waals surface area contributed by atoms with Gasteiger partial charge in [-0.3, -0.25) is 0 Å². The molecule has 0 saturated heterocycles. The van der Waals surface area contributed by atoms with Gasteiger partial charge in [0.05, 0.1) is 0 Å². The quantitative estimate of drug-likeness (QED) is 0.748. The van der Waals surface area contributed by atoms with E-state index in [0.29, 0.717) is 10.6 Å². The molecular weight excluding hydrogens is 225 g/mol. The van der Waals surface area contributed by atoms with Gasteiger partial charge in [-0.15, -0.1) is 0 Å². The van der Waals surface area contributed by atoms with Crippen LogP contribution in [0.25, 0.3) is 0 Å². The number of hydrogen-bond donors (Lipinski definition) is 0. The van der Waals surface area contributed by atoms with E-state index >= 15 is 0 Å². The lowest BCUT2D eigenvalue weighted by Crippen LogP contribution is -2.14. The predicted octanol–water partition coefficient (Wildman–Crippen LogP) is 2.27.